The first-order valence-electron chi connectivity index (χ1n) is 12.1. The molecule has 1 rings (SSSR count). The lowest BCUT2D eigenvalue weighted by atomic mass is 10.0. The van der Waals surface area contributed by atoms with Gasteiger partial charge in [0.15, 0.2) is 0 Å². The van der Waals surface area contributed by atoms with Crippen LogP contribution in [0.25, 0.3) is 0 Å². The molecule has 1 fully saturated rings. The van der Waals surface area contributed by atoms with E-state index in [2.05, 4.69) is 19.1 Å². The van der Waals surface area contributed by atoms with Crippen LogP contribution in [-0.4, -0.2) is 59.6 Å². The van der Waals surface area contributed by atoms with Crippen LogP contribution in [0.15, 0.2) is 12.2 Å². The van der Waals surface area contributed by atoms with E-state index in [0.717, 1.165) is 12.8 Å². The van der Waals surface area contributed by atoms with Crippen molar-refractivity contribution in [2.24, 2.45) is 0 Å². The SMILES string of the molecule is CCCC/C=C/CCCCCCCCCCCCO[C@H]1[C@H](O)[C@@H](CO)OC[C@@H]1O. The summed E-state index contributed by atoms with van der Waals surface area (Å²) in [5.41, 5.74) is 0. The zero-order chi connectivity index (χ0) is 21.2. The number of aliphatic hydroxyl groups excluding tert-OH is 3. The highest BCUT2D eigenvalue weighted by Crippen LogP contribution is 2.19. The van der Waals surface area contributed by atoms with Crippen molar-refractivity contribution in [2.45, 2.75) is 121 Å². The Bertz CT molecular complexity index is 387. The summed E-state index contributed by atoms with van der Waals surface area (Å²) in [5.74, 6) is 0. The van der Waals surface area contributed by atoms with Gasteiger partial charge in [0, 0.05) is 6.61 Å². The number of hydrogen-bond donors (Lipinski definition) is 3. The van der Waals surface area contributed by atoms with E-state index in [9.17, 15) is 10.2 Å². The molecule has 0 aromatic rings. The molecule has 172 valence electrons. The van der Waals surface area contributed by atoms with Gasteiger partial charge in [-0.2, -0.15) is 0 Å². The number of hydrogen-bond acceptors (Lipinski definition) is 5. The maximum absolute atomic E-state index is 10.1. The zero-order valence-electron chi connectivity index (χ0n) is 18.6. The minimum Gasteiger partial charge on any atom is -0.394 e. The summed E-state index contributed by atoms with van der Waals surface area (Å²) in [5, 5.41) is 29.1. The van der Waals surface area contributed by atoms with Crippen LogP contribution in [-0.2, 0) is 9.47 Å². The van der Waals surface area contributed by atoms with E-state index < -0.39 is 24.4 Å². The van der Waals surface area contributed by atoms with Crippen LogP contribution in [0.5, 0.6) is 0 Å². The van der Waals surface area contributed by atoms with Crippen LogP contribution in [0.2, 0.25) is 0 Å². The molecule has 0 amide bonds. The fourth-order valence-corrected chi connectivity index (χ4v) is 3.78. The first-order valence-corrected chi connectivity index (χ1v) is 12.1. The Labute approximate surface area is 178 Å². The van der Waals surface area contributed by atoms with Gasteiger partial charge in [-0.05, 0) is 25.7 Å². The zero-order valence-corrected chi connectivity index (χ0v) is 18.6. The molecule has 0 aliphatic carbocycles. The van der Waals surface area contributed by atoms with Gasteiger partial charge in [-0.3, -0.25) is 0 Å². The highest BCUT2D eigenvalue weighted by atomic mass is 16.6. The van der Waals surface area contributed by atoms with E-state index >= 15 is 0 Å². The largest absolute Gasteiger partial charge is 0.394 e. The van der Waals surface area contributed by atoms with Crippen molar-refractivity contribution in [1.82, 2.24) is 0 Å². The Morgan fingerprint density at radius 2 is 1.38 bits per heavy atom. The van der Waals surface area contributed by atoms with Crippen LogP contribution in [0.3, 0.4) is 0 Å². The van der Waals surface area contributed by atoms with Gasteiger partial charge in [0.05, 0.1) is 13.2 Å². The summed E-state index contributed by atoms with van der Waals surface area (Å²) < 4.78 is 10.8. The molecular formula is C24H46O5. The van der Waals surface area contributed by atoms with Gasteiger partial charge in [0.2, 0.25) is 0 Å². The molecule has 0 aromatic carbocycles. The predicted molar refractivity (Wildman–Crippen MR) is 118 cm³/mol. The minimum atomic E-state index is -0.971. The van der Waals surface area contributed by atoms with Crippen molar-refractivity contribution in [1.29, 1.82) is 0 Å². The molecular weight excluding hydrogens is 368 g/mol. The van der Waals surface area contributed by atoms with Crippen molar-refractivity contribution in [2.75, 3.05) is 19.8 Å². The lowest BCUT2D eigenvalue weighted by Crippen LogP contribution is -2.55. The fourth-order valence-electron chi connectivity index (χ4n) is 3.78. The molecule has 1 saturated heterocycles. The quantitative estimate of drug-likeness (QED) is 0.227. The Hall–Kier alpha value is -0.460. The molecule has 0 radical (unpaired) electrons. The number of unbranched alkanes of at least 4 members (excludes halogenated alkanes) is 12. The fraction of sp³-hybridized carbons (Fsp3) is 0.917. The second-order valence-corrected chi connectivity index (χ2v) is 8.39. The molecule has 1 aliphatic heterocycles. The molecule has 0 bridgehead atoms. The summed E-state index contributed by atoms with van der Waals surface area (Å²) in [6.45, 7) is 2.61. The molecule has 1 aliphatic rings. The van der Waals surface area contributed by atoms with Crippen molar-refractivity contribution >= 4 is 0 Å². The predicted octanol–water partition coefficient (Wildman–Crippen LogP) is 4.52. The van der Waals surface area contributed by atoms with Gasteiger partial charge in [0.1, 0.15) is 24.4 Å². The van der Waals surface area contributed by atoms with E-state index in [1.807, 2.05) is 0 Å². The topological polar surface area (TPSA) is 79.2 Å². The number of allylic oxidation sites excluding steroid dienone is 2. The summed E-state index contributed by atoms with van der Waals surface area (Å²) in [7, 11) is 0. The van der Waals surface area contributed by atoms with Gasteiger partial charge in [-0.1, -0.05) is 83.3 Å². The Morgan fingerprint density at radius 1 is 0.828 bits per heavy atom. The lowest BCUT2D eigenvalue weighted by Gasteiger charge is -2.37. The van der Waals surface area contributed by atoms with Crippen molar-refractivity contribution < 1.29 is 24.8 Å². The molecule has 0 aromatic heterocycles. The Balaban J connectivity index is 1.85. The number of aliphatic hydroxyl groups is 3. The molecule has 3 N–H and O–H groups in total. The van der Waals surface area contributed by atoms with Gasteiger partial charge >= 0.3 is 0 Å². The summed E-state index contributed by atoms with van der Waals surface area (Å²) in [6, 6.07) is 0. The van der Waals surface area contributed by atoms with Crippen molar-refractivity contribution in [3.8, 4) is 0 Å². The van der Waals surface area contributed by atoms with Crippen molar-refractivity contribution in [3.63, 3.8) is 0 Å². The molecule has 1 heterocycles. The highest BCUT2D eigenvalue weighted by molar-refractivity contribution is 4.87. The van der Waals surface area contributed by atoms with Crippen LogP contribution >= 0.6 is 0 Å². The van der Waals surface area contributed by atoms with E-state index in [4.69, 9.17) is 14.6 Å². The summed E-state index contributed by atoms with van der Waals surface area (Å²) >= 11 is 0. The number of rotatable bonds is 18. The molecule has 5 heteroatoms. The average molecular weight is 415 g/mol. The van der Waals surface area contributed by atoms with E-state index in [1.165, 1.54) is 77.0 Å². The molecule has 29 heavy (non-hydrogen) atoms. The molecule has 0 saturated carbocycles. The van der Waals surface area contributed by atoms with E-state index in [1.54, 1.807) is 0 Å². The van der Waals surface area contributed by atoms with Crippen molar-refractivity contribution in [3.05, 3.63) is 12.2 Å². The monoisotopic (exact) mass is 414 g/mol. The third-order valence-electron chi connectivity index (χ3n) is 5.72. The second kappa shape index (κ2) is 18.3. The van der Waals surface area contributed by atoms with Gasteiger partial charge in [-0.15, -0.1) is 0 Å². The molecule has 4 atom stereocenters. The van der Waals surface area contributed by atoms with Crippen LogP contribution in [0.4, 0.5) is 0 Å². The highest BCUT2D eigenvalue weighted by Gasteiger charge is 2.38. The van der Waals surface area contributed by atoms with E-state index in [-0.39, 0.29) is 13.2 Å². The third-order valence-corrected chi connectivity index (χ3v) is 5.72. The van der Waals surface area contributed by atoms with E-state index in [0.29, 0.717) is 6.61 Å². The lowest BCUT2D eigenvalue weighted by molar-refractivity contribution is -0.210. The smallest absolute Gasteiger partial charge is 0.114 e. The first-order chi connectivity index (χ1) is 14.2. The maximum Gasteiger partial charge on any atom is 0.114 e. The molecule has 0 unspecified atom stereocenters. The summed E-state index contributed by atoms with van der Waals surface area (Å²) in [4.78, 5) is 0. The second-order valence-electron chi connectivity index (χ2n) is 8.39. The van der Waals surface area contributed by atoms with Gasteiger partial charge in [0.25, 0.3) is 0 Å². The number of ether oxygens (including phenoxy) is 2. The first kappa shape index (κ1) is 26.6. The minimum absolute atomic E-state index is 0.0998. The van der Waals surface area contributed by atoms with Gasteiger partial charge < -0.3 is 24.8 Å². The molecule has 0 spiro atoms. The van der Waals surface area contributed by atoms with Gasteiger partial charge in [-0.25, -0.2) is 0 Å². The summed E-state index contributed by atoms with van der Waals surface area (Å²) in [6.07, 6.45) is 19.3. The maximum atomic E-state index is 10.1. The third kappa shape index (κ3) is 12.7. The van der Waals surface area contributed by atoms with Crippen LogP contribution < -0.4 is 0 Å². The average Bonchev–Trinajstić information content (AvgIpc) is 2.72. The molecule has 5 nitrogen and oxygen atoms in total. The standard InChI is InChI=1S/C24H46O5/c1-2-3-4-5-6-7-8-9-10-11-12-13-14-15-16-17-18-28-24-21(26)20-29-22(19-25)23(24)27/h5-6,21-27H,2-4,7-20H2,1H3/b6-5+/t21-,22+,23+,24+/m0/s1. The normalized spacial score (nSPS) is 25.1. The van der Waals surface area contributed by atoms with Crippen LogP contribution in [0, 0.1) is 0 Å². The Morgan fingerprint density at radius 3 is 1.97 bits per heavy atom. The van der Waals surface area contributed by atoms with Crippen LogP contribution in [0.1, 0.15) is 96.8 Å². The Kier molecular flexibility index (Phi) is 16.8.